The molecule has 0 aliphatic heterocycles. The third-order valence-electron chi connectivity index (χ3n) is 2.27. The lowest BCUT2D eigenvalue weighted by Gasteiger charge is -2.03. The fraction of sp³-hybridized carbons (Fsp3) is 0. The van der Waals surface area contributed by atoms with Crippen molar-refractivity contribution in [1.82, 2.24) is 0 Å². The van der Waals surface area contributed by atoms with Crippen molar-refractivity contribution in [3.8, 4) is 0 Å². The van der Waals surface area contributed by atoms with Crippen LogP contribution in [0.2, 0.25) is 10.0 Å². The minimum Gasteiger partial charge on any atom is -0.399 e. The smallest absolute Gasteiger partial charge is 0.193 e. The molecule has 0 saturated heterocycles. The van der Waals surface area contributed by atoms with Crippen molar-refractivity contribution in [2.24, 2.45) is 0 Å². The van der Waals surface area contributed by atoms with Crippen molar-refractivity contribution >= 4 is 34.7 Å². The van der Waals surface area contributed by atoms with E-state index in [0.717, 1.165) is 0 Å². The van der Waals surface area contributed by atoms with Gasteiger partial charge in [-0.15, -0.1) is 0 Å². The predicted molar refractivity (Wildman–Crippen MR) is 70.7 cm³/mol. The molecule has 0 heterocycles. The highest BCUT2D eigenvalue weighted by Gasteiger charge is 2.10. The summed E-state index contributed by atoms with van der Waals surface area (Å²) in [6.07, 6.45) is 0. The standard InChI is InChI=1S/C13H9Cl2NO/c14-10-4-9(5-11(15)7-10)13(17)8-2-1-3-12(16)6-8/h1-7H,16H2. The Labute approximate surface area is 109 Å². The summed E-state index contributed by atoms with van der Waals surface area (Å²) >= 11 is 11.7. The Kier molecular flexibility index (Phi) is 3.36. The molecule has 17 heavy (non-hydrogen) atoms. The SMILES string of the molecule is Nc1cccc(C(=O)c2cc(Cl)cc(Cl)c2)c1. The molecule has 4 heteroatoms. The van der Waals surface area contributed by atoms with E-state index in [1.54, 1.807) is 42.5 Å². The molecule has 0 aromatic heterocycles. The molecular weight excluding hydrogens is 257 g/mol. The summed E-state index contributed by atoms with van der Waals surface area (Å²) in [5, 5.41) is 0.870. The van der Waals surface area contributed by atoms with Gasteiger partial charge < -0.3 is 5.73 Å². The van der Waals surface area contributed by atoms with Crippen molar-refractivity contribution in [2.75, 3.05) is 5.73 Å². The molecule has 2 N–H and O–H groups in total. The van der Waals surface area contributed by atoms with Crippen molar-refractivity contribution in [1.29, 1.82) is 0 Å². The van der Waals surface area contributed by atoms with Crippen molar-refractivity contribution in [3.63, 3.8) is 0 Å². The van der Waals surface area contributed by atoms with E-state index < -0.39 is 0 Å². The molecule has 0 bridgehead atoms. The Morgan fingerprint density at radius 1 is 0.941 bits per heavy atom. The van der Waals surface area contributed by atoms with E-state index >= 15 is 0 Å². The molecule has 0 radical (unpaired) electrons. The van der Waals surface area contributed by atoms with E-state index in [9.17, 15) is 4.79 Å². The number of anilines is 1. The highest BCUT2D eigenvalue weighted by Crippen LogP contribution is 2.21. The zero-order chi connectivity index (χ0) is 12.4. The van der Waals surface area contributed by atoms with Gasteiger partial charge in [0.1, 0.15) is 0 Å². The van der Waals surface area contributed by atoms with E-state index in [4.69, 9.17) is 28.9 Å². The Morgan fingerprint density at radius 3 is 2.18 bits per heavy atom. The maximum Gasteiger partial charge on any atom is 0.193 e. The first-order valence-electron chi connectivity index (χ1n) is 4.92. The van der Waals surface area contributed by atoms with Gasteiger partial charge in [0, 0.05) is 26.9 Å². The largest absolute Gasteiger partial charge is 0.399 e. The van der Waals surface area contributed by atoms with E-state index in [-0.39, 0.29) is 5.78 Å². The molecule has 86 valence electrons. The lowest BCUT2D eigenvalue weighted by Crippen LogP contribution is -2.02. The summed E-state index contributed by atoms with van der Waals surface area (Å²) in [5.74, 6) is -0.151. The number of nitrogens with two attached hydrogens (primary N) is 1. The van der Waals surface area contributed by atoms with Crippen LogP contribution in [-0.4, -0.2) is 5.78 Å². The third kappa shape index (κ3) is 2.78. The molecule has 0 unspecified atom stereocenters. The zero-order valence-corrected chi connectivity index (χ0v) is 10.3. The summed E-state index contributed by atoms with van der Waals surface area (Å²) in [6.45, 7) is 0. The van der Waals surface area contributed by atoms with Gasteiger partial charge in [0.25, 0.3) is 0 Å². The number of rotatable bonds is 2. The number of benzene rings is 2. The maximum atomic E-state index is 12.1. The minimum absolute atomic E-state index is 0.151. The zero-order valence-electron chi connectivity index (χ0n) is 8.78. The first-order chi connectivity index (χ1) is 8.06. The fourth-order valence-corrected chi connectivity index (χ4v) is 2.06. The Bertz CT molecular complexity index is 561. The lowest BCUT2D eigenvalue weighted by molar-refractivity contribution is 0.103. The lowest BCUT2D eigenvalue weighted by atomic mass is 10.0. The Balaban J connectivity index is 2.43. The summed E-state index contributed by atoms with van der Waals surface area (Å²) in [6, 6.07) is 11.5. The second kappa shape index (κ2) is 4.78. The van der Waals surface area contributed by atoms with Crippen LogP contribution in [0.1, 0.15) is 15.9 Å². The molecule has 2 rings (SSSR count). The van der Waals surface area contributed by atoms with Crippen LogP contribution in [0.5, 0.6) is 0 Å². The average molecular weight is 266 g/mol. The van der Waals surface area contributed by atoms with Gasteiger partial charge >= 0.3 is 0 Å². The van der Waals surface area contributed by atoms with Gasteiger partial charge in [-0.25, -0.2) is 0 Å². The number of carbonyl (C=O) groups is 1. The van der Waals surface area contributed by atoms with Gasteiger partial charge in [0.2, 0.25) is 0 Å². The van der Waals surface area contributed by atoms with Crippen LogP contribution in [0, 0.1) is 0 Å². The molecule has 0 saturated carbocycles. The first-order valence-corrected chi connectivity index (χ1v) is 5.68. The van der Waals surface area contributed by atoms with Gasteiger partial charge in [-0.2, -0.15) is 0 Å². The van der Waals surface area contributed by atoms with Crippen molar-refractivity contribution in [3.05, 3.63) is 63.6 Å². The molecule has 2 aromatic carbocycles. The molecule has 2 nitrogen and oxygen atoms in total. The van der Waals surface area contributed by atoms with Gasteiger partial charge in [-0.05, 0) is 30.3 Å². The van der Waals surface area contributed by atoms with Crippen LogP contribution in [-0.2, 0) is 0 Å². The van der Waals surface area contributed by atoms with E-state index in [1.807, 2.05) is 0 Å². The highest BCUT2D eigenvalue weighted by molar-refractivity contribution is 6.35. The van der Waals surface area contributed by atoms with Gasteiger partial charge in [-0.1, -0.05) is 35.3 Å². The van der Waals surface area contributed by atoms with Crippen LogP contribution in [0.3, 0.4) is 0 Å². The van der Waals surface area contributed by atoms with E-state index in [2.05, 4.69) is 0 Å². The molecular formula is C13H9Cl2NO. The predicted octanol–water partition coefficient (Wildman–Crippen LogP) is 3.81. The van der Waals surface area contributed by atoms with Crippen LogP contribution in [0.4, 0.5) is 5.69 Å². The molecule has 0 aliphatic rings. The average Bonchev–Trinajstić information content (AvgIpc) is 2.26. The molecule has 2 aromatic rings. The van der Waals surface area contributed by atoms with Gasteiger partial charge in [-0.3, -0.25) is 4.79 Å². The molecule has 0 atom stereocenters. The number of nitrogen functional groups attached to an aromatic ring is 1. The number of halogens is 2. The van der Waals surface area contributed by atoms with Gasteiger partial charge in [0.05, 0.1) is 0 Å². The van der Waals surface area contributed by atoms with E-state index in [0.29, 0.717) is 26.9 Å². The topological polar surface area (TPSA) is 43.1 Å². The Hall–Kier alpha value is -1.51. The van der Waals surface area contributed by atoms with E-state index in [1.165, 1.54) is 0 Å². The molecule has 0 amide bonds. The monoisotopic (exact) mass is 265 g/mol. The number of carbonyl (C=O) groups excluding carboxylic acids is 1. The summed E-state index contributed by atoms with van der Waals surface area (Å²) in [5.41, 5.74) is 7.14. The fourth-order valence-electron chi connectivity index (χ4n) is 1.53. The van der Waals surface area contributed by atoms with Crippen molar-refractivity contribution < 1.29 is 4.79 Å². The number of hydrogen-bond acceptors (Lipinski definition) is 2. The second-order valence-electron chi connectivity index (χ2n) is 3.61. The summed E-state index contributed by atoms with van der Waals surface area (Å²) in [4.78, 5) is 12.1. The minimum atomic E-state index is -0.151. The Morgan fingerprint density at radius 2 is 1.59 bits per heavy atom. The van der Waals surface area contributed by atoms with Gasteiger partial charge in [0.15, 0.2) is 5.78 Å². The van der Waals surface area contributed by atoms with Crippen molar-refractivity contribution in [2.45, 2.75) is 0 Å². The quantitative estimate of drug-likeness (QED) is 0.663. The van der Waals surface area contributed by atoms with Crippen LogP contribution in [0.15, 0.2) is 42.5 Å². The normalized spacial score (nSPS) is 10.2. The molecule has 0 fully saturated rings. The maximum absolute atomic E-state index is 12.1. The van der Waals surface area contributed by atoms with Crippen LogP contribution < -0.4 is 5.73 Å². The number of hydrogen-bond donors (Lipinski definition) is 1. The third-order valence-corrected chi connectivity index (χ3v) is 2.71. The highest BCUT2D eigenvalue weighted by atomic mass is 35.5. The van der Waals surface area contributed by atoms with Crippen LogP contribution in [0.25, 0.3) is 0 Å². The second-order valence-corrected chi connectivity index (χ2v) is 4.49. The number of ketones is 1. The first kappa shape index (κ1) is 12.0. The molecule has 0 aliphatic carbocycles. The summed E-state index contributed by atoms with van der Waals surface area (Å²) in [7, 11) is 0. The van der Waals surface area contributed by atoms with Crippen LogP contribution >= 0.6 is 23.2 Å². The summed E-state index contributed by atoms with van der Waals surface area (Å²) < 4.78 is 0. The molecule has 0 spiro atoms.